The molecule has 0 saturated carbocycles. The van der Waals surface area contributed by atoms with Gasteiger partial charge in [0.15, 0.2) is 0 Å². The quantitative estimate of drug-likeness (QED) is 0.743. The second-order valence-corrected chi connectivity index (χ2v) is 3.17. The van der Waals surface area contributed by atoms with E-state index in [9.17, 15) is 0 Å². The fourth-order valence-corrected chi connectivity index (χ4v) is 1.49. The molecule has 1 aromatic rings. The van der Waals surface area contributed by atoms with Crippen LogP contribution in [0.2, 0.25) is 0 Å². The first kappa shape index (κ1) is 10.4. The Morgan fingerprint density at radius 2 is 2.14 bits per heavy atom. The molecule has 0 spiro atoms. The Hall–Kier alpha value is -1.69. The van der Waals surface area contributed by atoms with E-state index in [2.05, 4.69) is 11.4 Å². The summed E-state index contributed by atoms with van der Waals surface area (Å²) in [6, 6.07) is 6.07. The van der Waals surface area contributed by atoms with Gasteiger partial charge >= 0.3 is 0 Å². The first-order valence-corrected chi connectivity index (χ1v) is 4.45. The van der Waals surface area contributed by atoms with Crippen molar-refractivity contribution < 1.29 is 4.74 Å². The average Bonchev–Trinajstić information content (AvgIpc) is 2.14. The zero-order valence-corrected chi connectivity index (χ0v) is 8.72. The highest BCUT2D eigenvalue weighted by atomic mass is 16.5. The van der Waals surface area contributed by atoms with Crippen LogP contribution in [-0.2, 0) is 0 Å². The summed E-state index contributed by atoms with van der Waals surface area (Å²) in [5.74, 6) is 0.811. The molecule has 0 aliphatic rings. The lowest BCUT2D eigenvalue weighted by Crippen LogP contribution is -2.02. The summed E-state index contributed by atoms with van der Waals surface area (Å²) in [6.07, 6.45) is 0. The smallest absolute Gasteiger partial charge is 0.144 e. The molecular weight excluding hydrogens is 176 g/mol. The molecule has 0 saturated heterocycles. The van der Waals surface area contributed by atoms with Crippen LogP contribution >= 0.6 is 0 Å². The summed E-state index contributed by atoms with van der Waals surface area (Å²) >= 11 is 0. The third-order valence-electron chi connectivity index (χ3n) is 1.98. The van der Waals surface area contributed by atoms with E-state index in [1.165, 1.54) is 0 Å². The molecule has 74 valence electrons. The van der Waals surface area contributed by atoms with Crippen LogP contribution in [-0.4, -0.2) is 13.7 Å². The average molecular weight is 190 g/mol. The van der Waals surface area contributed by atoms with E-state index in [0.717, 1.165) is 22.6 Å². The number of nitrogens with one attached hydrogen (secondary N) is 1. The van der Waals surface area contributed by atoms with Crippen molar-refractivity contribution in [2.75, 3.05) is 19.0 Å². The van der Waals surface area contributed by atoms with Gasteiger partial charge in [0.05, 0.1) is 18.9 Å². The van der Waals surface area contributed by atoms with Crippen LogP contribution in [0.3, 0.4) is 0 Å². The van der Waals surface area contributed by atoms with Gasteiger partial charge in [-0.25, -0.2) is 0 Å². The first-order valence-electron chi connectivity index (χ1n) is 4.45. The van der Waals surface area contributed by atoms with Crippen molar-refractivity contribution in [2.24, 2.45) is 0 Å². The summed E-state index contributed by atoms with van der Waals surface area (Å²) in [6.45, 7) is 4.30. The first-order chi connectivity index (χ1) is 6.69. The normalized spacial score (nSPS) is 9.29. The molecule has 0 aliphatic heterocycles. The lowest BCUT2D eigenvalue weighted by molar-refractivity contribution is 0.413. The van der Waals surface area contributed by atoms with Crippen molar-refractivity contribution >= 4 is 5.69 Å². The molecule has 0 aliphatic carbocycles. The van der Waals surface area contributed by atoms with Crippen LogP contribution < -0.4 is 10.1 Å². The van der Waals surface area contributed by atoms with E-state index in [-0.39, 0.29) is 0 Å². The van der Waals surface area contributed by atoms with Gasteiger partial charge in [0.1, 0.15) is 12.3 Å². The van der Waals surface area contributed by atoms with Gasteiger partial charge in [-0.15, -0.1) is 0 Å². The molecule has 0 amide bonds. The molecule has 0 radical (unpaired) electrons. The van der Waals surface area contributed by atoms with Crippen molar-refractivity contribution in [3.8, 4) is 11.8 Å². The van der Waals surface area contributed by atoms with Gasteiger partial charge in [0.25, 0.3) is 0 Å². The molecule has 0 bridgehead atoms. The Bertz CT molecular complexity index is 366. The number of benzene rings is 1. The van der Waals surface area contributed by atoms with Crippen molar-refractivity contribution in [3.05, 3.63) is 23.3 Å². The van der Waals surface area contributed by atoms with E-state index >= 15 is 0 Å². The largest absolute Gasteiger partial charge is 0.494 e. The molecule has 3 nitrogen and oxygen atoms in total. The van der Waals surface area contributed by atoms with Gasteiger partial charge in [-0.3, -0.25) is 0 Å². The minimum atomic E-state index is 0.291. The minimum absolute atomic E-state index is 0.291. The Kier molecular flexibility index (Phi) is 3.35. The maximum Gasteiger partial charge on any atom is 0.144 e. The maximum atomic E-state index is 8.48. The second kappa shape index (κ2) is 4.52. The van der Waals surface area contributed by atoms with Gasteiger partial charge < -0.3 is 10.1 Å². The van der Waals surface area contributed by atoms with E-state index in [1.54, 1.807) is 7.11 Å². The van der Waals surface area contributed by atoms with Gasteiger partial charge in [-0.05, 0) is 31.0 Å². The molecule has 1 aromatic carbocycles. The standard InChI is InChI=1S/C11H14N2O/c1-8-6-9(2)11(14-3)10(7-8)13-5-4-12/h6-7,13H,5H2,1-3H3. The number of hydrogen-bond donors (Lipinski definition) is 1. The number of aryl methyl sites for hydroxylation is 2. The van der Waals surface area contributed by atoms with Crippen LogP contribution in [0.1, 0.15) is 11.1 Å². The van der Waals surface area contributed by atoms with Gasteiger partial charge in [-0.1, -0.05) is 6.07 Å². The predicted octanol–water partition coefficient (Wildman–Crippen LogP) is 2.25. The lowest BCUT2D eigenvalue weighted by Gasteiger charge is -2.12. The zero-order valence-electron chi connectivity index (χ0n) is 8.72. The Balaban J connectivity index is 3.06. The van der Waals surface area contributed by atoms with Crippen LogP contribution in [0.5, 0.6) is 5.75 Å². The number of hydrogen-bond acceptors (Lipinski definition) is 3. The molecule has 0 atom stereocenters. The third-order valence-corrected chi connectivity index (χ3v) is 1.98. The zero-order chi connectivity index (χ0) is 10.6. The lowest BCUT2D eigenvalue weighted by atomic mass is 10.1. The topological polar surface area (TPSA) is 45.0 Å². The minimum Gasteiger partial charge on any atom is -0.494 e. The highest BCUT2D eigenvalue weighted by Gasteiger charge is 2.06. The maximum absolute atomic E-state index is 8.48. The van der Waals surface area contributed by atoms with Gasteiger partial charge in [0, 0.05) is 0 Å². The molecule has 0 heterocycles. The van der Waals surface area contributed by atoms with Crippen LogP contribution in [0, 0.1) is 25.2 Å². The monoisotopic (exact) mass is 190 g/mol. The fourth-order valence-electron chi connectivity index (χ4n) is 1.49. The van der Waals surface area contributed by atoms with Crippen molar-refractivity contribution in [1.29, 1.82) is 5.26 Å². The molecule has 1 rings (SSSR count). The number of nitrogens with zero attached hydrogens (tertiary/aromatic N) is 1. The van der Waals surface area contributed by atoms with Crippen LogP contribution in [0.25, 0.3) is 0 Å². The predicted molar refractivity (Wildman–Crippen MR) is 56.6 cm³/mol. The fraction of sp³-hybridized carbons (Fsp3) is 0.364. The summed E-state index contributed by atoms with van der Waals surface area (Å²) in [7, 11) is 1.63. The molecule has 0 fully saturated rings. The number of anilines is 1. The summed E-state index contributed by atoms with van der Waals surface area (Å²) in [5, 5.41) is 11.5. The Labute approximate surface area is 84.3 Å². The van der Waals surface area contributed by atoms with Crippen LogP contribution in [0.4, 0.5) is 5.69 Å². The number of methoxy groups -OCH3 is 1. The van der Waals surface area contributed by atoms with Crippen molar-refractivity contribution in [3.63, 3.8) is 0 Å². The van der Waals surface area contributed by atoms with E-state index < -0.39 is 0 Å². The Morgan fingerprint density at radius 3 is 2.71 bits per heavy atom. The highest BCUT2D eigenvalue weighted by molar-refractivity contribution is 5.62. The van der Waals surface area contributed by atoms with E-state index in [4.69, 9.17) is 10.00 Å². The van der Waals surface area contributed by atoms with Crippen LogP contribution in [0.15, 0.2) is 12.1 Å². The molecule has 0 unspecified atom stereocenters. The number of nitriles is 1. The molecule has 3 heteroatoms. The van der Waals surface area contributed by atoms with Crippen molar-refractivity contribution in [1.82, 2.24) is 0 Å². The highest BCUT2D eigenvalue weighted by Crippen LogP contribution is 2.29. The Morgan fingerprint density at radius 1 is 1.43 bits per heavy atom. The van der Waals surface area contributed by atoms with E-state index in [1.807, 2.05) is 26.0 Å². The SMILES string of the molecule is COc1c(C)cc(C)cc1NCC#N. The van der Waals surface area contributed by atoms with Gasteiger partial charge in [0.2, 0.25) is 0 Å². The molecule has 1 N–H and O–H groups in total. The summed E-state index contributed by atoms with van der Waals surface area (Å²) < 4.78 is 5.26. The van der Waals surface area contributed by atoms with Gasteiger partial charge in [-0.2, -0.15) is 5.26 Å². The third kappa shape index (κ3) is 2.17. The van der Waals surface area contributed by atoms with Crippen molar-refractivity contribution in [2.45, 2.75) is 13.8 Å². The summed E-state index contributed by atoms with van der Waals surface area (Å²) in [4.78, 5) is 0. The number of ether oxygens (including phenoxy) is 1. The van der Waals surface area contributed by atoms with E-state index in [0.29, 0.717) is 6.54 Å². The number of rotatable bonds is 3. The molecule has 0 aromatic heterocycles. The molecule has 14 heavy (non-hydrogen) atoms. The molecular formula is C11H14N2O. The second-order valence-electron chi connectivity index (χ2n) is 3.17. The summed E-state index contributed by atoms with van der Waals surface area (Å²) in [5.41, 5.74) is 3.11.